The summed E-state index contributed by atoms with van der Waals surface area (Å²) >= 11 is 1.54. The van der Waals surface area contributed by atoms with Gasteiger partial charge in [-0.25, -0.2) is 4.98 Å². The monoisotopic (exact) mass is 252 g/mol. The zero-order valence-electron chi connectivity index (χ0n) is 9.54. The number of aromatic nitrogens is 4. The first-order chi connectivity index (χ1) is 8.06. The van der Waals surface area contributed by atoms with Gasteiger partial charge in [0.25, 0.3) is 0 Å². The molecule has 0 saturated carbocycles. The second kappa shape index (κ2) is 4.62. The third kappa shape index (κ3) is 2.68. The summed E-state index contributed by atoms with van der Waals surface area (Å²) in [6.07, 6.45) is 2.17. The molecule has 0 amide bonds. The maximum absolute atomic E-state index is 10.4. The molecule has 2 heterocycles. The fraction of sp³-hybridized carbons (Fsp3) is 0.400. The van der Waals surface area contributed by atoms with E-state index in [4.69, 9.17) is 5.11 Å². The predicted octanol–water partition coefficient (Wildman–Crippen LogP) is 1.36. The highest BCUT2D eigenvalue weighted by molar-refractivity contribution is 7.14. The van der Waals surface area contributed by atoms with Crippen molar-refractivity contribution in [3.8, 4) is 5.13 Å². The number of aliphatic carboxylic acids is 1. The Morgan fingerprint density at radius 3 is 2.88 bits per heavy atom. The summed E-state index contributed by atoms with van der Waals surface area (Å²) in [6.45, 7) is 3.94. The molecule has 0 aliphatic carbocycles. The van der Waals surface area contributed by atoms with Crippen LogP contribution in [0.3, 0.4) is 0 Å². The molecule has 0 spiro atoms. The van der Waals surface area contributed by atoms with Gasteiger partial charge in [-0.3, -0.25) is 4.79 Å². The van der Waals surface area contributed by atoms with Crippen LogP contribution in [-0.4, -0.2) is 31.1 Å². The molecule has 1 N–H and O–H groups in total. The Morgan fingerprint density at radius 1 is 1.53 bits per heavy atom. The SMILES string of the molecule is Cc1nc(-n2cc(CCC(=O)O)nn2)sc1C. The normalized spacial score (nSPS) is 10.7. The highest BCUT2D eigenvalue weighted by Crippen LogP contribution is 2.19. The Morgan fingerprint density at radius 2 is 2.29 bits per heavy atom. The summed E-state index contributed by atoms with van der Waals surface area (Å²) in [5.41, 5.74) is 1.64. The molecule has 0 aliphatic rings. The Hall–Kier alpha value is -1.76. The van der Waals surface area contributed by atoms with Gasteiger partial charge in [-0.1, -0.05) is 16.6 Å². The minimum absolute atomic E-state index is 0.0641. The van der Waals surface area contributed by atoms with Gasteiger partial charge in [-0.05, 0) is 13.8 Å². The molecule has 0 atom stereocenters. The maximum Gasteiger partial charge on any atom is 0.303 e. The first kappa shape index (κ1) is 11.7. The van der Waals surface area contributed by atoms with E-state index in [1.807, 2.05) is 13.8 Å². The van der Waals surface area contributed by atoms with Crippen LogP contribution in [0.2, 0.25) is 0 Å². The smallest absolute Gasteiger partial charge is 0.303 e. The molecule has 0 radical (unpaired) electrons. The predicted molar refractivity (Wildman–Crippen MR) is 62.5 cm³/mol. The summed E-state index contributed by atoms with van der Waals surface area (Å²) in [6, 6.07) is 0. The first-order valence-corrected chi connectivity index (χ1v) is 5.95. The lowest BCUT2D eigenvalue weighted by Crippen LogP contribution is -1.97. The van der Waals surface area contributed by atoms with Gasteiger partial charge in [0, 0.05) is 11.3 Å². The molecule has 0 fully saturated rings. The van der Waals surface area contributed by atoms with Crippen LogP contribution in [0.25, 0.3) is 5.13 Å². The van der Waals surface area contributed by atoms with Crippen LogP contribution in [0.15, 0.2) is 6.20 Å². The van der Waals surface area contributed by atoms with Gasteiger partial charge in [-0.15, -0.1) is 5.10 Å². The van der Waals surface area contributed by atoms with Crippen molar-refractivity contribution in [1.29, 1.82) is 0 Å². The highest BCUT2D eigenvalue weighted by Gasteiger charge is 2.09. The first-order valence-electron chi connectivity index (χ1n) is 5.13. The van der Waals surface area contributed by atoms with Crippen molar-refractivity contribution in [2.45, 2.75) is 26.7 Å². The lowest BCUT2D eigenvalue weighted by molar-refractivity contribution is -0.136. The third-order valence-corrected chi connectivity index (χ3v) is 3.41. The lowest BCUT2D eigenvalue weighted by Gasteiger charge is -1.91. The molecular weight excluding hydrogens is 240 g/mol. The van der Waals surface area contributed by atoms with Crippen molar-refractivity contribution in [1.82, 2.24) is 20.0 Å². The molecule has 0 aromatic carbocycles. The van der Waals surface area contributed by atoms with Crippen LogP contribution in [0.1, 0.15) is 22.7 Å². The molecule has 6 nitrogen and oxygen atoms in total. The molecule has 2 rings (SSSR count). The number of carboxylic acid groups (broad SMARTS) is 1. The summed E-state index contributed by atoms with van der Waals surface area (Å²) in [5, 5.41) is 17.2. The van der Waals surface area contributed by atoms with Gasteiger partial charge in [0.15, 0.2) is 0 Å². The van der Waals surface area contributed by atoms with Gasteiger partial charge in [0.2, 0.25) is 5.13 Å². The summed E-state index contributed by atoms with van der Waals surface area (Å²) in [5.74, 6) is -0.833. The second-order valence-corrected chi connectivity index (χ2v) is 4.87. The molecule has 17 heavy (non-hydrogen) atoms. The van der Waals surface area contributed by atoms with E-state index in [9.17, 15) is 4.79 Å². The van der Waals surface area contributed by atoms with Crippen molar-refractivity contribution >= 4 is 17.3 Å². The number of rotatable bonds is 4. The Bertz CT molecular complexity index is 527. The molecule has 7 heteroatoms. The molecule has 0 unspecified atom stereocenters. The molecule has 2 aromatic rings. The quantitative estimate of drug-likeness (QED) is 0.888. The number of carboxylic acids is 1. The molecule has 0 bridgehead atoms. The fourth-order valence-electron chi connectivity index (χ4n) is 1.30. The van der Waals surface area contributed by atoms with Crippen LogP contribution < -0.4 is 0 Å². The van der Waals surface area contributed by atoms with E-state index in [2.05, 4.69) is 15.3 Å². The maximum atomic E-state index is 10.4. The van der Waals surface area contributed by atoms with Gasteiger partial charge in [0.05, 0.1) is 24.0 Å². The number of carbonyl (C=O) groups is 1. The van der Waals surface area contributed by atoms with Crippen molar-refractivity contribution in [2.24, 2.45) is 0 Å². The number of hydrogen-bond acceptors (Lipinski definition) is 5. The van der Waals surface area contributed by atoms with Crippen LogP contribution in [0.5, 0.6) is 0 Å². The molecular formula is C10H12N4O2S. The highest BCUT2D eigenvalue weighted by atomic mass is 32.1. The zero-order valence-corrected chi connectivity index (χ0v) is 10.4. The van der Waals surface area contributed by atoms with Gasteiger partial charge >= 0.3 is 5.97 Å². The Kier molecular flexibility index (Phi) is 3.19. The lowest BCUT2D eigenvalue weighted by atomic mass is 10.2. The van der Waals surface area contributed by atoms with Crippen LogP contribution >= 0.6 is 11.3 Å². The molecule has 0 saturated heterocycles. The van der Waals surface area contributed by atoms with Crippen LogP contribution in [0.4, 0.5) is 0 Å². The number of aryl methyl sites for hydroxylation is 3. The van der Waals surface area contributed by atoms with Gasteiger partial charge < -0.3 is 5.11 Å². The summed E-state index contributed by atoms with van der Waals surface area (Å²) in [4.78, 5) is 15.9. The van der Waals surface area contributed by atoms with E-state index in [0.717, 1.165) is 15.7 Å². The summed E-state index contributed by atoms with van der Waals surface area (Å²) in [7, 11) is 0. The fourth-order valence-corrected chi connectivity index (χ4v) is 2.13. The topological polar surface area (TPSA) is 80.9 Å². The number of nitrogens with zero attached hydrogens (tertiary/aromatic N) is 4. The minimum Gasteiger partial charge on any atom is -0.481 e. The van der Waals surface area contributed by atoms with Gasteiger partial charge in [-0.2, -0.15) is 4.68 Å². The average molecular weight is 252 g/mol. The average Bonchev–Trinajstić information content (AvgIpc) is 2.84. The zero-order chi connectivity index (χ0) is 12.4. The van der Waals surface area contributed by atoms with Crippen molar-refractivity contribution in [3.63, 3.8) is 0 Å². The van der Waals surface area contributed by atoms with E-state index in [1.165, 1.54) is 11.3 Å². The molecule has 0 aliphatic heterocycles. The van der Waals surface area contributed by atoms with Gasteiger partial charge in [0.1, 0.15) is 0 Å². The second-order valence-electron chi connectivity index (χ2n) is 3.69. The van der Waals surface area contributed by atoms with E-state index < -0.39 is 5.97 Å². The van der Waals surface area contributed by atoms with E-state index in [1.54, 1.807) is 10.9 Å². The van der Waals surface area contributed by atoms with Crippen LogP contribution in [-0.2, 0) is 11.2 Å². The minimum atomic E-state index is -0.833. The van der Waals surface area contributed by atoms with E-state index in [0.29, 0.717) is 12.1 Å². The van der Waals surface area contributed by atoms with Crippen molar-refractivity contribution in [3.05, 3.63) is 22.5 Å². The Labute approximate surface area is 102 Å². The Balaban J connectivity index is 2.15. The van der Waals surface area contributed by atoms with Crippen LogP contribution in [0, 0.1) is 13.8 Å². The molecule has 2 aromatic heterocycles. The van der Waals surface area contributed by atoms with E-state index >= 15 is 0 Å². The molecule has 90 valence electrons. The summed E-state index contributed by atoms with van der Waals surface area (Å²) < 4.78 is 1.59. The number of thiazole rings is 1. The van der Waals surface area contributed by atoms with Crippen molar-refractivity contribution < 1.29 is 9.90 Å². The number of hydrogen-bond donors (Lipinski definition) is 1. The standard InChI is InChI=1S/C10H12N4O2S/c1-6-7(2)17-10(11-6)14-5-8(12-13-14)3-4-9(15)16/h5H,3-4H2,1-2H3,(H,15,16). The largest absolute Gasteiger partial charge is 0.481 e. The third-order valence-electron chi connectivity index (χ3n) is 2.35. The van der Waals surface area contributed by atoms with E-state index in [-0.39, 0.29) is 6.42 Å². The van der Waals surface area contributed by atoms with Crippen molar-refractivity contribution in [2.75, 3.05) is 0 Å².